The monoisotopic (exact) mass is 200 g/mol. The third-order valence-electron chi connectivity index (χ3n) is 0.498. The van der Waals surface area contributed by atoms with Gasteiger partial charge in [-0.3, -0.25) is 9.11 Å². The number of hydrogen-bond donors (Lipinski definition) is 4. The van der Waals surface area contributed by atoms with Crippen molar-refractivity contribution in [1.82, 2.24) is 8.60 Å². The van der Waals surface area contributed by atoms with Crippen LogP contribution in [0.5, 0.6) is 0 Å². The zero-order chi connectivity index (χ0) is 8.20. The summed E-state index contributed by atoms with van der Waals surface area (Å²) in [6.07, 6.45) is 0. The van der Waals surface area contributed by atoms with Crippen LogP contribution in [0.3, 0.4) is 0 Å². The van der Waals surface area contributed by atoms with Gasteiger partial charge < -0.3 is 8.60 Å². The summed E-state index contributed by atoms with van der Waals surface area (Å²) in [7, 11) is -4.67. The lowest BCUT2D eigenvalue weighted by Gasteiger charge is -2.16. The van der Waals surface area contributed by atoms with Crippen LogP contribution in [0, 0.1) is 0 Å². The van der Waals surface area contributed by atoms with Crippen molar-refractivity contribution in [3.8, 4) is 0 Å². The highest BCUT2D eigenvalue weighted by Gasteiger charge is 2.06. The van der Waals surface area contributed by atoms with Crippen LogP contribution in [0.4, 0.5) is 0 Å². The van der Waals surface area contributed by atoms with Gasteiger partial charge in [-0.1, -0.05) is 0 Å². The van der Waals surface area contributed by atoms with E-state index in [1.807, 2.05) is 0 Å². The molecule has 58 valence electrons. The van der Waals surface area contributed by atoms with Crippen LogP contribution in [0.15, 0.2) is 0 Å². The highest BCUT2D eigenvalue weighted by atomic mass is 32.3. The van der Waals surface area contributed by atoms with Crippen LogP contribution in [0.1, 0.15) is 0 Å². The SMILES string of the molecule is O=S(=O)(O)O.S=C1[NH][AlH][NH]1. The number of rotatable bonds is 0. The molecule has 0 aromatic carbocycles. The molecule has 6 nitrogen and oxygen atoms in total. The van der Waals surface area contributed by atoms with Crippen molar-refractivity contribution in [2.45, 2.75) is 0 Å². The average molecular weight is 200 g/mol. The first kappa shape index (κ1) is 10.1. The molecule has 0 radical (unpaired) electrons. The third-order valence-corrected chi connectivity index (χ3v) is 2.36. The molecule has 1 aliphatic rings. The molecule has 0 amide bonds. The van der Waals surface area contributed by atoms with Gasteiger partial charge in [0.2, 0.25) is 0 Å². The van der Waals surface area contributed by atoms with Crippen molar-refractivity contribution in [3.05, 3.63) is 0 Å². The van der Waals surface area contributed by atoms with Gasteiger partial charge in [-0.2, -0.15) is 8.42 Å². The fraction of sp³-hybridized carbons (Fsp3) is 0. The summed E-state index contributed by atoms with van der Waals surface area (Å²) in [4.78, 5) is 0. The standard InChI is InChI=1S/CH3N2S.Al.H2O4S.H/c2-1(3)4;;1-5(2,3)4;/h(H3-,2,3,4);;(H2,1,2,3,4);/q-1;+2;;/p-1. The van der Waals surface area contributed by atoms with Gasteiger partial charge >= 0.3 is 26.1 Å². The third kappa shape index (κ3) is 11.0. The van der Waals surface area contributed by atoms with E-state index >= 15 is 0 Å². The molecular formula is CH5AlN2O4S2. The van der Waals surface area contributed by atoms with Crippen molar-refractivity contribution in [1.29, 1.82) is 0 Å². The molecule has 0 bridgehead atoms. The second kappa shape index (κ2) is 4.07. The summed E-state index contributed by atoms with van der Waals surface area (Å²) in [6, 6.07) is 0. The van der Waals surface area contributed by atoms with Gasteiger partial charge in [0.25, 0.3) is 0 Å². The Hall–Kier alpha value is 0.0925. The molecule has 1 fully saturated rings. The average Bonchev–Trinajstić information content (AvgIpc) is 1.56. The molecule has 0 aromatic heterocycles. The topological polar surface area (TPSA) is 98.7 Å². The highest BCUT2D eigenvalue weighted by molar-refractivity contribution is 7.80. The van der Waals surface area contributed by atoms with Crippen LogP contribution in [-0.4, -0.2) is 38.3 Å². The predicted octanol–water partition coefficient (Wildman–Crippen LogP) is -1.92. The Morgan fingerprint density at radius 3 is 1.60 bits per heavy atom. The van der Waals surface area contributed by atoms with Crippen molar-refractivity contribution >= 4 is 43.4 Å². The van der Waals surface area contributed by atoms with E-state index in [1.165, 1.54) is 0 Å². The van der Waals surface area contributed by atoms with Crippen LogP contribution < -0.4 is 8.60 Å². The Bertz CT molecular complexity index is 197. The van der Waals surface area contributed by atoms with Gasteiger partial charge in [0, 0.05) is 0 Å². The van der Waals surface area contributed by atoms with Gasteiger partial charge in [-0.05, 0) is 12.2 Å². The summed E-state index contributed by atoms with van der Waals surface area (Å²) in [5, 5.41) is 0.830. The minimum atomic E-state index is -4.67. The molecule has 1 heterocycles. The summed E-state index contributed by atoms with van der Waals surface area (Å²) >= 11 is 4.51. The predicted molar refractivity (Wildman–Crippen MR) is 40.2 cm³/mol. The first-order valence-corrected chi connectivity index (χ1v) is 5.33. The summed E-state index contributed by atoms with van der Waals surface area (Å²) in [5.41, 5.74) is 0. The van der Waals surface area contributed by atoms with E-state index in [4.69, 9.17) is 17.5 Å². The van der Waals surface area contributed by atoms with Gasteiger partial charge in [-0.25, -0.2) is 0 Å². The maximum Gasteiger partial charge on any atom is 0.547 e. The lowest BCUT2D eigenvalue weighted by molar-refractivity contribution is 0.381. The molecule has 1 rings (SSSR count). The zero-order valence-corrected chi connectivity index (χ0v) is 7.78. The van der Waals surface area contributed by atoms with Gasteiger partial charge in [0.1, 0.15) is 5.11 Å². The van der Waals surface area contributed by atoms with Crippen LogP contribution in [-0.2, 0) is 10.4 Å². The molecule has 1 aliphatic heterocycles. The normalized spacial score (nSPS) is 14.4. The smallest absolute Gasteiger partial charge is 0.440 e. The lowest BCUT2D eigenvalue weighted by atomic mass is 11.2. The maximum absolute atomic E-state index is 8.74. The minimum absolute atomic E-state index is 0.0837. The second-order valence-electron chi connectivity index (χ2n) is 1.31. The molecular weight excluding hydrogens is 195 g/mol. The molecule has 0 saturated carbocycles. The Balaban J connectivity index is 0.000000162. The van der Waals surface area contributed by atoms with E-state index < -0.39 is 10.4 Å². The number of hydrogen-bond acceptors (Lipinski definition) is 3. The van der Waals surface area contributed by atoms with Crippen molar-refractivity contribution < 1.29 is 17.5 Å². The molecule has 0 aromatic rings. The Labute approximate surface area is 69.7 Å². The van der Waals surface area contributed by atoms with Gasteiger partial charge in [-0.15, -0.1) is 0 Å². The molecule has 4 N–H and O–H groups in total. The molecule has 9 heteroatoms. The van der Waals surface area contributed by atoms with E-state index in [1.54, 1.807) is 0 Å². The van der Waals surface area contributed by atoms with E-state index in [0.717, 1.165) is 5.11 Å². The maximum atomic E-state index is 8.74. The molecule has 1 saturated heterocycles. The van der Waals surface area contributed by atoms with Crippen molar-refractivity contribution in [2.75, 3.05) is 0 Å². The van der Waals surface area contributed by atoms with E-state index in [0.29, 0.717) is 0 Å². The van der Waals surface area contributed by atoms with Gasteiger partial charge in [0.05, 0.1) is 0 Å². The molecule has 0 spiro atoms. The Morgan fingerprint density at radius 1 is 1.40 bits per heavy atom. The Kier molecular flexibility index (Phi) is 4.11. The summed E-state index contributed by atoms with van der Waals surface area (Å²) < 4.78 is 37.5. The van der Waals surface area contributed by atoms with Crippen LogP contribution in [0.2, 0.25) is 0 Å². The van der Waals surface area contributed by atoms with E-state index in [2.05, 4.69) is 20.8 Å². The molecule has 10 heavy (non-hydrogen) atoms. The molecule has 0 atom stereocenters. The number of thiocarbonyl (C=S) groups is 1. The fourth-order valence-electron chi connectivity index (χ4n) is 0.161. The fourth-order valence-corrected chi connectivity index (χ4v) is 0.915. The van der Waals surface area contributed by atoms with E-state index in [-0.39, 0.29) is 15.7 Å². The first-order chi connectivity index (χ1) is 4.39. The number of nitrogens with one attached hydrogen (secondary N) is 2. The Morgan fingerprint density at radius 2 is 1.60 bits per heavy atom. The zero-order valence-electron chi connectivity index (χ0n) is 4.73. The lowest BCUT2D eigenvalue weighted by Crippen LogP contribution is -2.56. The van der Waals surface area contributed by atoms with Gasteiger partial charge in [0.15, 0.2) is 0 Å². The van der Waals surface area contributed by atoms with Crippen LogP contribution >= 0.6 is 12.2 Å². The molecule has 0 aliphatic carbocycles. The van der Waals surface area contributed by atoms with E-state index in [9.17, 15) is 0 Å². The van der Waals surface area contributed by atoms with Crippen LogP contribution in [0.25, 0.3) is 0 Å². The molecule has 0 unspecified atom stereocenters. The summed E-state index contributed by atoms with van der Waals surface area (Å²) in [6.45, 7) is 0. The highest BCUT2D eigenvalue weighted by Crippen LogP contribution is 1.66. The summed E-state index contributed by atoms with van der Waals surface area (Å²) in [5.74, 6) is 0. The van der Waals surface area contributed by atoms with Crippen molar-refractivity contribution in [2.24, 2.45) is 0 Å². The first-order valence-electron chi connectivity index (χ1n) is 2.11. The van der Waals surface area contributed by atoms with Crippen molar-refractivity contribution in [3.63, 3.8) is 0 Å². The largest absolute Gasteiger partial charge is 0.547 e. The quantitative estimate of drug-likeness (QED) is 0.205. The second-order valence-corrected chi connectivity index (χ2v) is 3.67. The minimum Gasteiger partial charge on any atom is -0.440 e.